The Morgan fingerprint density at radius 3 is 2.72 bits per heavy atom. The Hall–Kier alpha value is -1.63. The van der Waals surface area contributed by atoms with Crippen LogP contribution in [0.2, 0.25) is 0 Å². The number of carbonyl (C=O) groups is 3. The number of hydroxylamine groups is 2. The predicted octanol–water partition coefficient (Wildman–Crippen LogP) is -0.176. The van der Waals surface area contributed by atoms with Crippen LogP contribution in [0.3, 0.4) is 0 Å². The number of amides is 4. The van der Waals surface area contributed by atoms with Crippen LogP contribution in [0.4, 0.5) is 4.79 Å². The maximum Gasteiger partial charge on any atom is 0.326 e. The molecule has 0 aromatic carbocycles. The van der Waals surface area contributed by atoms with Gasteiger partial charge in [0.05, 0.1) is 13.2 Å². The fourth-order valence-corrected chi connectivity index (χ4v) is 2.05. The second kappa shape index (κ2) is 5.34. The summed E-state index contributed by atoms with van der Waals surface area (Å²) in [6, 6.07) is -0.287. The number of hydrogen-bond acceptors (Lipinski definition) is 4. The van der Waals surface area contributed by atoms with Gasteiger partial charge in [-0.15, -0.1) is 0 Å². The van der Waals surface area contributed by atoms with E-state index in [0.29, 0.717) is 32.5 Å². The van der Waals surface area contributed by atoms with E-state index in [1.807, 2.05) is 0 Å². The zero-order chi connectivity index (χ0) is 13.1. The van der Waals surface area contributed by atoms with Crippen LogP contribution in [0.25, 0.3) is 0 Å². The number of rotatable bonds is 4. The monoisotopic (exact) mass is 255 g/mol. The number of likely N-dealkylation sites (N-methyl/N-ethyl adjacent to an activating group) is 1. The van der Waals surface area contributed by atoms with Gasteiger partial charge in [-0.1, -0.05) is 0 Å². The Balaban J connectivity index is 1.73. The highest BCUT2D eigenvalue weighted by Gasteiger charge is 2.33. The summed E-state index contributed by atoms with van der Waals surface area (Å²) < 4.78 is 0. The highest BCUT2D eigenvalue weighted by Crippen LogP contribution is 2.11. The normalized spacial score (nSPS) is 20.2. The van der Waals surface area contributed by atoms with Crippen molar-refractivity contribution < 1.29 is 19.2 Å². The van der Waals surface area contributed by atoms with E-state index in [9.17, 15) is 14.4 Å². The average molecular weight is 255 g/mol. The Labute approximate surface area is 105 Å². The van der Waals surface area contributed by atoms with E-state index in [4.69, 9.17) is 4.84 Å². The second-order valence-electron chi connectivity index (χ2n) is 4.47. The van der Waals surface area contributed by atoms with E-state index >= 15 is 0 Å². The van der Waals surface area contributed by atoms with Gasteiger partial charge in [-0.05, 0) is 12.8 Å². The second-order valence-corrected chi connectivity index (χ2v) is 4.47. The summed E-state index contributed by atoms with van der Waals surface area (Å²) in [7, 11) is 1.59. The molecule has 100 valence electrons. The Morgan fingerprint density at radius 2 is 2.17 bits per heavy atom. The molecule has 0 spiro atoms. The van der Waals surface area contributed by atoms with Gasteiger partial charge in [-0.25, -0.2) is 9.86 Å². The van der Waals surface area contributed by atoms with Gasteiger partial charge in [0, 0.05) is 20.0 Å². The summed E-state index contributed by atoms with van der Waals surface area (Å²) in [5.74, 6) is -0.285. The molecule has 2 fully saturated rings. The van der Waals surface area contributed by atoms with Gasteiger partial charge < -0.3 is 4.90 Å². The molecule has 0 saturated carbocycles. The minimum absolute atomic E-state index is 0.0834. The minimum atomic E-state index is -0.287. The summed E-state index contributed by atoms with van der Waals surface area (Å²) in [5.41, 5.74) is 0. The van der Waals surface area contributed by atoms with Gasteiger partial charge in [0.1, 0.15) is 6.54 Å². The minimum Gasteiger partial charge on any atom is -0.318 e. The van der Waals surface area contributed by atoms with Crippen molar-refractivity contribution in [1.82, 2.24) is 14.9 Å². The molecule has 2 rings (SSSR count). The molecule has 2 aliphatic heterocycles. The molecule has 0 aromatic heterocycles. The molecule has 4 amide bonds. The van der Waals surface area contributed by atoms with Crippen molar-refractivity contribution >= 4 is 17.8 Å². The Kier molecular flexibility index (Phi) is 3.81. The summed E-state index contributed by atoms with van der Waals surface area (Å²) in [6.45, 7) is 1.63. The fourth-order valence-electron chi connectivity index (χ4n) is 2.05. The number of urea groups is 1. The molecule has 0 radical (unpaired) electrons. The maximum atomic E-state index is 11.6. The van der Waals surface area contributed by atoms with Crippen LogP contribution in [0.5, 0.6) is 0 Å². The number of hydrogen-bond donors (Lipinski definition) is 0. The lowest BCUT2D eigenvalue weighted by Gasteiger charge is -2.16. The molecule has 2 saturated heterocycles. The molecule has 0 aromatic rings. The van der Waals surface area contributed by atoms with Gasteiger partial charge in [0.2, 0.25) is 11.8 Å². The first-order chi connectivity index (χ1) is 8.59. The average Bonchev–Trinajstić information content (AvgIpc) is 2.93. The molecule has 0 unspecified atom stereocenters. The van der Waals surface area contributed by atoms with Gasteiger partial charge in [-0.2, -0.15) is 0 Å². The van der Waals surface area contributed by atoms with Crippen molar-refractivity contribution in [2.24, 2.45) is 0 Å². The zero-order valence-electron chi connectivity index (χ0n) is 10.4. The largest absolute Gasteiger partial charge is 0.326 e. The lowest BCUT2D eigenvalue weighted by atomic mass is 10.2. The molecule has 0 atom stereocenters. The van der Waals surface area contributed by atoms with Crippen molar-refractivity contribution in [1.29, 1.82) is 0 Å². The SMILES string of the molecule is CN1CC(=O)N(CCCC(=O)N2CCCO2)C1=O. The van der Waals surface area contributed by atoms with E-state index in [1.54, 1.807) is 7.05 Å². The summed E-state index contributed by atoms with van der Waals surface area (Å²) in [5, 5.41) is 1.36. The Bertz CT molecular complexity index is 365. The number of nitrogens with zero attached hydrogens (tertiary/aromatic N) is 3. The smallest absolute Gasteiger partial charge is 0.318 e. The van der Waals surface area contributed by atoms with E-state index in [2.05, 4.69) is 0 Å². The third kappa shape index (κ3) is 2.61. The molecular weight excluding hydrogens is 238 g/mol. The lowest BCUT2D eigenvalue weighted by molar-refractivity contribution is -0.168. The van der Waals surface area contributed by atoms with E-state index < -0.39 is 0 Å². The fraction of sp³-hybridized carbons (Fsp3) is 0.727. The standard InChI is InChI=1S/C11H17N3O4/c1-12-8-10(16)13(11(12)17)5-2-4-9(15)14-6-3-7-18-14/h2-8H2,1H3. The third-order valence-electron chi connectivity index (χ3n) is 3.03. The van der Waals surface area contributed by atoms with Crippen molar-refractivity contribution in [3.05, 3.63) is 0 Å². The van der Waals surface area contributed by atoms with Crippen LogP contribution in [0.1, 0.15) is 19.3 Å². The molecule has 2 aliphatic rings. The predicted molar refractivity (Wildman–Crippen MR) is 61.3 cm³/mol. The van der Waals surface area contributed by atoms with Crippen LogP contribution < -0.4 is 0 Å². The third-order valence-corrected chi connectivity index (χ3v) is 3.03. The molecule has 0 N–H and O–H groups in total. The molecule has 18 heavy (non-hydrogen) atoms. The van der Waals surface area contributed by atoms with Gasteiger partial charge in [0.15, 0.2) is 0 Å². The molecular formula is C11H17N3O4. The van der Waals surface area contributed by atoms with E-state index in [-0.39, 0.29) is 24.4 Å². The first kappa shape index (κ1) is 12.8. The maximum absolute atomic E-state index is 11.6. The van der Waals surface area contributed by atoms with Crippen molar-refractivity contribution in [2.75, 3.05) is 33.3 Å². The molecule has 0 aliphatic carbocycles. The molecule has 7 nitrogen and oxygen atoms in total. The Morgan fingerprint density at radius 1 is 1.39 bits per heavy atom. The number of imide groups is 1. The van der Waals surface area contributed by atoms with Crippen LogP contribution in [0.15, 0.2) is 0 Å². The van der Waals surface area contributed by atoms with E-state index in [1.165, 1.54) is 14.9 Å². The lowest BCUT2D eigenvalue weighted by Crippen LogP contribution is -2.33. The first-order valence-electron chi connectivity index (χ1n) is 6.08. The van der Waals surface area contributed by atoms with Crippen LogP contribution in [-0.4, -0.2) is 66.0 Å². The summed E-state index contributed by atoms with van der Waals surface area (Å²) in [4.78, 5) is 42.4. The molecule has 7 heteroatoms. The van der Waals surface area contributed by atoms with Crippen LogP contribution >= 0.6 is 0 Å². The zero-order valence-corrected chi connectivity index (χ0v) is 10.4. The van der Waals surface area contributed by atoms with Crippen molar-refractivity contribution in [3.8, 4) is 0 Å². The molecule has 0 bridgehead atoms. The summed E-state index contributed by atoms with van der Waals surface area (Å²) >= 11 is 0. The highest BCUT2D eigenvalue weighted by atomic mass is 16.7. The van der Waals surface area contributed by atoms with Gasteiger partial charge in [0.25, 0.3) is 0 Å². The van der Waals surface area contributed by atoms with Crippen LogP contribution in [-0.2, 0) is 14.4 Å². The van der Waals surface area contributed by atoms with E-state index in [0.717, 1.165) is 6.42 Å². The highest BCUT2D eigenvalue weighted by molar-refractivity contribution is 6.01. The number of carbonyl (C=O) groups excluding carboxylic acids is 3. The van der Waals surface area contributed by atoms with Crippen molar-refractivity contribution in [2.45, 2.75) is 19.3 Å². The topological polar surface area (TPSA) is 70.2 Å². The van der Waals surface area contributed by atoms with Crippen molar-refractivity contribution in [3.63, 3.8) is 0 Å². The first-order valence-corrected chi connectivity index (χ1v) is 6.08. The molecule has 2 heterocycles. The van der Waals surface area contributed by atoms with Gasteiger partial charge in [-0.3, -0.25) is 19.3 Å². The summed E-state index contributed by atoms with van der Waals surface area (Å²) in [6.07, 6.45) is 1.63. The quantitative estimate of drug-likeness (QED) is 0.654. The van der Waals surface area contributed by atoms with Gasteiger partial charge >= 0.3 is 6.03 Å². The van der Waals surface area contributed by atoms with Crippen LogP contribution in [0, 0.1) is 0 Å².